The molecule has 2 heterocycles. The molecule has 1 amide bonds. The number of carbonyl (C=O) groups is 2. The van der Waals surface area contributed by atoms with E-state index in [1.165, 1.54) is 39.8 Å². The van der Waals surface area contributed by atoms with Gasteiger partial charge in [-0.15, -0.1) is 0 Å². The molecule has 37 heavy (non-hydrogen) atoms. The molecule has 11 nitrogen and oxygen atoms in total. The third-order valence-electron chi connectivity index (χ3n) is 5.69. The fourth-order valence-electron chi connectivity index (χ4n) is 3.72. The van der Waals surface area contributed by atoms with Gasteiger partial charge in [-0.05, 0) is 42.8 Å². The molecule has 2 N–H and O–H groups in total. The Kier molecular flexibility index (Phi) is 7.33. The van der Waals surface area contributed by atoms with Crippen molar-refractivity contribution in [2.75, 3.05) is 32.0 Å². The Morgan fingerprint density at radius 1 is 0.946 bits per heavy atom. The van der Waals surface area contributed by atoms with Crippen molar-refractivity contribution in [1.82, 2.24) is 14.5 Å². The summed E-state index contributed by atoms with van der Waals surface area (Å²) in [6.45, 7) is 1.53. The maximum absolute atomic E-state index is 13.4. The molecule has 0 fully saturated rings. The number of hydrogen-bond acceptors (Lipinski definition) is 9. The van der Waals surface area contributed by atoms with Crippen LogP contribution in [0.1, 0.15) is 15.9 Å². The molecule has 0 aliphatic carbocycles. The van der Waals surface area contributed by atoms with Gasteiger partial charge in [0.05, 0.1) is 26.7 Å². The first kappa shape index (κ1) is 25.2. The van der Waals surface area contributed by atoms with Gasteiger partial charge >= 0.3 is 5.97 Å². The number of amides is 1. The lowest BCUT2D eigenvalue weighted by Crippen LogP contribution is -2.29. The number of anilines is 3. The van der Waals surface area contributed by atoms with Crippen LogP contribution < -0.4 is 25.7 Å². The van der Waals surface area contributed by atoms with Crippen LogP contribution in [0.5, 0.6) is 11.5 Å². The SMILES string of the molecule is COC(=O)Cn1c(=O)c(NC(=O)c2ccc(OC)c(OC)c2)cc2c(Nc3ccccc3C)ncnc21. The van der Waals surface area contributed by atoms with E-state index in [1.807, 2.05) is 31.2 Å². The third-order valence-corrected chi connectivity index (χ3v) is 5.69. The van der Waals surface area contributed by atoms with Crippen LogP contribution in [0.2, 0.25) is 0 Å². The van der Waals surface area contributed by atoms with Crippen LogP contribution in [0.15, 0.2) is 59.7 Å². The fraction of sp³-hybridized carbons (Fsp3) is 0.192. The highest BCUT2D eigenvalue weighted by Gasteiger charge is 2.19. The van der Waals surface area contributed by atoms with Gasteiger partial charge in [0.2, 0.25) is 0 Å². The maximum atomic E-state index is 13.4. The molecule has 190 valence electrons. The van der Waals surface area contributed by atoms with Crippen molar-refractivity contribution in [3.63, 3.8) is 0 Å². The second-order valence-electron chi connectivity index (χ2n) is 7.95. The van der Waals surface area contributed by atoms with E-state index in [-0.39, 0.29) is 16.9 Å². The Balaban J connectivity index is 1.82. The molecule has 0 spiro atoms. The molecule has 0 radical (unpaired) electrons. The van der Waals surface area contributed by atoms with Gasteiger partial charge in [0.25, 0.3) is 11.5 Å². The number of nitrogens with one attached hydrogen (secondary N) is 2. The van der Waals surface area contributed by atoms with Gasteiger partial charge in [0, 0.05) is 11.3 Å². The van der Waals surface area contributed by atoms with Crippen molar-refractivity contribution in [3.05, 3.63) is 76.3 Å². The number of rotatable bonds is 8. The van der Waals surface area contributed by atoms with E-state index < -0.39 is 24.0 Å². The van der Waals surface area contributed by atoms with Gasteiger partial charge in [0.1, 0.15) is 30.0 Å². The van der Waals surface area contributed by atoms with Crippen LogP contribution in [0.3, 0.4) is 0 Å². The van der Waals surface area contributed by atoms with Crippen molar-refractivity contribution < 1.29 is 23.8 Å². The summed E-state index contributed by atoms with van der Waals surface area (Å²) in [7, 11) is 4.16. The lowest BCUT2D eigenvalue weighted by Gasteiger charge is -2.15. The Hall–Kier alpha value is -4.93. The monoisotopic (exact) mass is 503 g/mol. The summed E-state index contributed by atoms with van der Waals surface area (Å²) >= 11 is 0. The van der Waals surface area contributed by atoms with E-state index in [1.54, 1.807) is 12.1 Å². The first-order valence-corrected chi connectivity index (χ1v) is 11.2. The second kappa shape index (κ2) is 10.8. The number of hydrogen-bond donors (Lipinski definition) is 2. The van der Waals surface area contributed by atoms with Gasteiger partial charge < -0.3 is 24.8 Å². The van der Waals surface area contributed by atoms with E-state index in [2.05, 4.69) is 20.6 Å². The molecule has 0 bridgehead atoms. The van der Waals surface area contributed by atoms with Gasteiger partial charge in [-0.25, -0.2) is 9.97 Å². The topological polar surface area (TPSA) is 134 Å². The first-order chi connectivity index (χ1) is 17.9. The van der Waals surface area contributed by atoms with Crippen molar-refractivity contribution in [1.29, 1.82) is 0 Å². The van der Waals surface area contributed by atoms with Crippen LogP contribution in [-0.4, -0.2) is 47.7 Å². The summed E-state index contributed by atoms with van der Waals surface area (Å²) in [5, 5.41) is 6.29. The minimum atomic E-state index is -0.654. The van der Waals surface area contributed by atoms with Crippen LogP contribution in [-0.2, 0) is 16.1 Å². The third kappa shape index (κ3) is 5.20. The normalized spacial score (nSPS) is 10.6. The summed E-state index contributed by atoms with van der Waals surface area (Å²) in [5.41, 5.74) is 1.50. The number of aromatic nitrogens is 3. The highest BCUT2D eigenvalue weighted by Crippen LogP contribution is 2.29. The number of pyridine rings is 1. The Bertz CT molecular complexity index is 1550. The number of aryl methyl sites for hydroxylation is 1. The van der Waals surface area contributed by atoms with Gasteiger partial charge in [-0.2, -0.15) is 0 Å². The van der Waals surface area contributed by atoms with E-state index in [0.29, 0.717) is 22.7 Å². The summed E-state index contributed by atoms with van der Waals surface area (Å²) in [5.74, 6) is -0.0188. The zero-order valence-electron chi connectivity index (χ0n) is 20.7. The average Bonchev–Trinajstić information content (AvgIpc) is 2.91. The van der Waals surface area contributed by atoms with E-state index in [4.69, 9.17) is 14.2 Å². The number of benzene rings is 2. The molecule has 0 aliphatic heterocycles. The zero-order valence-corrected chi connectivity index (χ0v) is 20.7. The maximum Gasteiger partial charge on any atom is 0.325 e. The molecule has 11 heteroatoms. The standard InChI is InChI=1S/C26H25N5O6/c1-15-7-5-6-8-18(15)29-23-17-12-19(26(34)31(13-22(32)37-4)24(17)28-14-27-23)30-25(33)16-9-10-20(35-2)21(11-16)36-3/h5-12,14H,13H2,1-4H3,(H,30,33)(H,27,28,29). The van der Waals surface area contributed by atoms with E-state index in [9.17, 15) is 14.4 Å². The zero-order chi connectivity index (χ0) is 26.5. The van der Waals surface area contributed by atoms with Crippen molar-refractivity contribution in [2.24, 2.45) is 0 Å². The van der Waals surface area contributed by atoms with Gasteiger partial charge in [-0.1, -0.05) is 18.2 Å². The lowest BCUT2D eigenvalue weighted by molar-refractivity contribution is -0.141. The number of methoxy groups -OCH3 is 3. The first-order valence-electron chi connectivity index (χ1n) is 11.2. The summed E-state index contributed by atoms with van der Waals surface area (Å²) in [6, 6.07) is 13.7. The number of fused-ring (bicyclic) bond motifs is 1. The quantitative estimate of drug-likeness (QED) is 0.347. The molecule has 4 rings (SSSR count). The van der Waals surface area contributed by atoms with Gasteiger partial charge in [-0.3, -0.25) is 19.0 Å². The molecule has 2 aromatic heterocycles. The number of ether oxygens (including phenoxy) is 3. The number of para-hydroxylation sites is 1. The molecule has 4 aromatic rings. The lowest BCUT2D eigenvalue weighted by atomic mass is 10.1. The Morgan fingerprint density at radius 3 is 2.41 bits per heavy atom. The van der Waals surface area contributed by atoms with E-state index in [0.717, 1.165) is 15.8 Å². The van der Waals surface area contributed by atoms with Gasteiger partial charge in [0.15, 0.2) is 11.5 Å². The van der Waals surface area contributed by atoms with Crippen LogP contribution in [0.4, 0.5) is 17.2 Å². The molecule has 0 saturated heterocycles. The average molecular weight is 504 g/mol. The largest absolute Gasteiger partial charge is 0.493 e. The van der Waals surface area contributed by atoms with Crippen molar-refractivity contribution >= 4 is 40.1 Å². The van der Waals surface area contributed by atoms with Crippen LogP contribution in [0, 0.1) is 6.92 Å². The van der Waals surface area contributed by atoms with Crippen molar-refractivity contribution in [3.8, 4) is 11.5 Å². The predicted molar refractivity (Wildman–Crippen MR) is 138 cm³/mol. The highest BCUT2D eigenvalue weighted by atomic mass is 16.5. The number of nitrogens with zero attached hydrogens (tertiary/aromatic N) is 3. The Morgan fingerprint density at radius 2 is 1.70 bits per heavy atom. The minimum Gasteiger partial charge on any atom is -0.493 e. The highest BCUT2D eigenvalue weighted by molar-refractivity contribution is 6.05. The Labute approximate surface area is 212 Å². The summed E-state index contributed by atoms with van der Waals surface area (Å²) in [4.78, 5) is 47.2. The molecule has 2 aromatic carbocycles. The number of carbonyl (C=O) groups excluding carboxylic acids is 2. The molecule has 0 atom stereocenters. The fourth-order valence-corrected chi connectivity index (χ4v) is 3.72. The molecular formula is C26H25N5O6. The smallest absolute Gasteiger partial charge is 0.325 e. The molecule has 0 aliphatic rings. The molecule has 0 unspecified atom stereocenters. The summed E-state index contributed by atoms with van der Waals surface area (Å²) in [6.07, 6.45) is 1.29. The molecule has 0 saturated carbocycles. The van der Waals surface area contributed by atoms with Crippen molar-refractivity contribution in [2.45, 2.75) is 13.5 Å². The van der Waals surface area contributed by atoms with Crippen LogP contribution in [0.25, 0.3) is 11.0 Å². The molecular weight excluding hydrogens is 478 g/mol. The summed E-state index contributed by atoms with van der Waals surface area (Å²) < 4.78 is 16.4. The van der Waals surface area contributed by atoms with E-state index >= 15 is 0 Å². The predicted octanol–water partition coefficient (Wildman–Crippen LogP) is 3.29. The van der Waals surface area contributed by atoms with Crippen LogP contribution >= 0.6 is 0 Å². The second-order valence-corrected chi connectivity index (χ2v) is 7.95. The minimum absolute atomic E-state index is 0.0705. The number of esters is 1.